The molecule has 0 saturated carbocycles. The lowest BCUT2D eigenvalue weighted by Crippen LogP contribution is -2.49. The number of piperidine rings is 1. The number of ether oxygens (including phenoxy) is 1. The molecule has 2 N–H and O–H groups in total. The molecule has 142 valence electrons. The molecule has 1 fully saturated rings. The Morgan fingerprint density at radius 3 is 3.08 bits per heavy atom. The molecule has 0 aromatic carbocycles. The number of rotatable bonds is 10. The van der Waals surface area contributed by atoms with Gasteiger partial charge >= 0.3 is 0 Å². The Morgan fingerprint density at radius 2 is 2.36 bits per heavy atom. The maximum absolute atomic E-state index is 12.3. The molecular weight excluding hydrogens is 320 g/mol. The fraction of sp³-hybridized carbons (Fsp3) is 0.737. The second-order valence-corrected chi connectivity index (χ2v) is 6.97. The predicted molar refractivity (Wildman–Crippen MR) is 96.0 cm³/mol. The number of furan rings is 1. The highest BCUT2D eigenvalue weighted by molar-refractivity contribution is 5.78. The summed E-state index contributed by atoms with van der Waals surface area (Å²) in [6.07, 6.45) is 5.03. The van der Waals surface area contributed by atoms with Crippen molar-refractivity contribution >= 4 is 5.91 Å². The fourth-order valence-corrected chi connectivity index (χ4v) is 3.19. The van der Waals surface area contributed by atoms with Gasteiger partial charge in [0, 0.05) is 25.7 Å². The zero-order valence-corrected chi connectivity index (χ0v) is 15.4. The van der Waals surface area contributed by atoms with E-state index < -0.39 is 6.10 Å². The number of hydrogen-bond acceptors (Lipinski definition) is 5. The molecule has 0 spiro atoms. The van der Waals surface area contributed by atoms with E-state index in [-0.39, 0.29) is 18.4 Å². The predicted octanol–water partition coefficient (Wildman–Crippen LogP) is 2.17. The fourth-order valence-electron chi connectivity index (χ4n) is 3.19. The van der Waals surface area contributed by atoms with Crippen molar-refractivity contribution in [3.63, 3.8) is 0 Å². The van der Waals surface area contributed by atoms with Gasteiger partial charge in [-0.05, 0) is 38.3 Å². The van der Waals surface area contributed by atoms with Crippen LogP contribution in [-0.2, 0) is 16.1 Å². The number of β-amino-alcohol motifs (C(OH)–C–C–N with tert-alkyl or cyclic N) is 1. The number of nitrogens with one attached hydrogen (secondary N) is 1. The van der Waals surface area contributed by atoms with Gasteiger partial charge in [0.15, 0.2) is 0 Å². The van der Waals surface area contributed by atoms with Crippen molar-refractivity contribution in [3.05, 3.63) is 24.2 Å². The summed E-state index contributed by atoms with van der Waals surface area (Å²) in [5.41, 5.74) is 0. The van der Waals surface area contributed by atoms with Crippen molar-refractivity contribution < 1.29 is 19.1 Å². The molecule has 3 atom stereocenters. The summed E-state index contributed by atoms with van der Waals surface area (Å²) >= 11 is 0. The van der Waals surface area contributed by atoms with E-state index in [1.165, 1.54) is 0 Å². The van der Waals surface area contributed by atoms with E-state index in [0.717, 1.165) is 38.0 Å². The standard InChI is InChI=1S/C19H32N2O4/c1-3-4-9-20-19(23)16-8-7-15(2)21(11-16)12-17(22)13-24-14-18-6-5-10-25-18/h5-6,10,15-17,22H,3-4,7-9,11-14H2,1-2H3,(H,20,23). The molecule has 1 aromatic heterocycles. The van der Waals surface area contributed by atoms with E-state index in [1.54, 1.807) is 6.26 Å². The average Bonchev–Trinajstić information content (AvgIpc) is 3.10. The molecule has 1 saturated heterocycles. The molecule has 2 heterocycles. The minimum atomic E-state index is -0.570. The van der Waals surface area contributed by atoms with Crippen LogP contribution in [0.25, 0.3) is 0 Å². The van der Waals surface area contributed by atoms with Gasteiger partial charge in [0.25, 0.3) is 0 Å². The van der Waals surface area contributed by atoms with Gasteiger partial charge in [-0.3, -0.25) is 9.69 Å². The molecule has 6 nitrogen and oxygen atoms in total. The minimum absolute atomic E-state index is 0.0179. The van der Waals surface area contributed by atoms with Gasteiger partial charge in [-0.1, -0.05) is 13.3 Å². The quantitative estimate of drug-likeness (QED) is 0.631. The van der Waals surface area contributed by atoms with E-state index >= 15 is 0 Å². The molecule has 0 bridgehead atoms. The smallest absolute Gasteiger partial charge is 0.224 e. The van der Waals surface area contributed by atoms with Gasteiger partial charge in [0.2, 0.25) is 5.91 Å². The van der Waals surface area contributed by atoms with Gasteiger partial charge < -0.3 is 19.6 Å². The Kier molecular flexibility index (Phi) is 8.44. The SMILES string of the molecule is CCCCNC(=O)C1CCC(C)N(CC(O)COCc2ccco2)C1. The van der Waals surface area contributed by atoms with E-state index in [2.05, 4.69) is 24.1 Å². The maximum atomic E-state index is 12.3. The summed E-state index contributed by atoms with van der Waals surface area (Å²) in [7, 11) is 0. The van der Waals surface area contributed by atoms with Gasteiger partial charge in [0.1, 0.15) is 12.4 Å². The van der Waals surface area contributed by atoms with Gasteiger partial charge in [0.05, 0.1) is 24.9 Å². The second-order valence-electron chi connectivity index (χ2n) is 6.97. The molecule has 1 amide bonds. The Hall–Kier alpha value is -1.37. The summed E-state index contributed by atoms with van der Waals surface area (Å²) < 4.78 is 10.7. The van der Waals surface area contributed by atoms with E-state index in [0.29, 0.717) is 25.7 Å². The van der Waals surface area contributed by atoms with Crippen LogP contribution < -0.4 is 5.32 Å². The van der Waals surface area contributed by atoms with Gasteiger partial charge in [-0.25, -0.2) is 0 Å². The summed E-state index contributed by atoms with van der Waals surface area (Å²) in [4.78, 5) is 14.5. The number of likely N-dealkylation sites (tertiary alicyclic amines) is 1. The van der Waals surface area contributed by atoms with Gasteiger partial charge in [-0.2, -0.15) is 0 Å². The number of aliphatic hydroxyl groups is 1. The molecule has 6 heteroatoms. The molecule has 0 aliphatic carbocycles. The highest BCUT2D eigenvalue weighted by Crippen LogP contribution is 2.22. The Labute approximate surface area is 150 Å². The summed E-state index contributed by atoms with van der Waals surface area (Å²) in [6.45, 7) is 6.88. The van der Waals surface area contributed by atoms with E-state index in [9.17, 15) is 9.90 Å². The molecule has 0 radical (unpaired) electrons. The molecule has 1 aromatic rings. The summed E-state index contributed by atoms with van der Waals surface area (Å²) in [5.74, 6) is 0.917. The lowest BCUT2D eigenvalue weighted by atomic mass is 9.92. The lowest BCUT2D eigenvalue weighted by Gasteiger charge is -2.38. The molecule has 1 aliphatic rings. The van der Waals surface area contributed by atoms with E-state index in [1.807, 2.05) is 12.1 Å². The van der Waals surface area contributed by atoms with Crippen LogP contribution in [0.2, 0.25) is 0 Å². The van der Waals surface area contributed by atoms with Crippen LogP contribution in [0, 0.1) is 5.92 Å². The van der Waals surface area contributed by atoms with Crippen LogP contribution in [0.1, 0.15) is 45.3 Å². The molecule has 2 rings (SSSR count). The van der Waals surface area contributed by atoms with Crippen molar-refractivity contribution in [2.24, 2.45) is 5.92 Å². The number of aliphatic hydroxyl groups excluding tert-OH is 1. The zero-order chi connectivity index (χ0) is 18.1. The monoisotopic (exact) mass is 352 g/mol. The number of nitrogens with zero attached hydrogens (tertiary/aromatic N) is 1. The second kappa shape index (κ2) is 10.6. The van der Waals surface area contributed by atoms with Crippen LogP contribution in [0.15, 0.2) is 22.8 Å². The lowest BCUT2D eigenvalue weighted by molar-refractivity contribution is -0.127. The van der Waals surface area contributed by atoms with Crippen molar-refractivity contribution in [3.8, 4) is 0 Å². The Bertz CT molecular complexity index is 492. The first-order valence-electron chi connectivity index (χ1n) is 9.40. The highest BCUT2D eigenvalue weighted by atomic mass is 16.5. The first-order chi connectivity index (χ1) is 12.1. The largest absolute Gasteiger partial charge is 0.467 e. The van der Waals surface area contributed by atoms with E-state index in [4.69, 9.17) is 9.15 Å². The Morgan fingerprint density at radius 1 is 1.52 bits per heavy atom. The number of hydrogen-bond donors (Lipinski definition) is 2. The highest BCUT2D eigenvalue weighted by Gasteiger charge is 2.30. The number of unbranched alkanes of at least 4 members (excludes halogenated alkanes) is 1. The zero-order valence-electron chi connectivity index (χ0n) is 15.4. The number of carbonyl (C=O) groups is 1. The van der Waals surface area contributed by atoms with Crippen molar-refractivity contribution in [2.45, 2.75) is 58.3 Å². The summed E-state index contributed by atoms with van der Waals surface area (Å²) in [6, 6.07) is 4.04. The first-order valence-corrected chi connectivity index (χ1v) is 9.40. The third-order valence-electron chi connectivity index (χ3n) is 4.79. The van der Waals surface area contributed by atoms with Crippen LogP contribution in [0.3, 0.4) is 0 Å². The Balaban J connectivity index is 1.71. The molecule has 3 unspecified atom stereocenters. The summed E-state index contributed by atoms with van der Waals surface area (Å²) in [5, 5.41) is 13.3. The third kappa shape index (κ3) is 6.80. The minimum Gasteiger partial charge on any atom is -0.467 e. The van der Waals surface area contributed by atoms with Crippen molar-refractivity contribution in [2.75, 3.05) is 26.2 Å². The van der Waals surface area contributed by atoms with Gasteiger partial charge in [-0.15, -0.1) is 0 Å². The average molecular weight is 352 g/mol. The third-order valence-corrected chi connectivity index (χ3v) is 4.79. The first kappa shape index (κ1) is 19.9. The molecule has 1 aliphatic heterocycles. The van der Waals surface area contributed by atoms with Crippen molar-refractivity contribution in [1.29, 1.82) is 0 Å². The maximum Gasteiger partial charge on any atom is 0.224 e. The van der Waals surface area contributed by atoms with Crippen LogP contribution in [0.4, 0.5) is 0 Å². The van der Waals surface area contributed by atoms with Crippen LogP contribution in [-0.4, -0.2) is 54.3 Å². The topological polar surface area (TPSA) is 74.9 Å². The number of amides is 1. The molecule has 25 heavy (non-hydrogen) atoms. The van der Waals surface area contributed by atoms with Crippen LogP contribution in [0.5, 0.6) is 0 Å². The van der Waals surface area contributed by atoms with Crippen molar-refractivity contribution in [1.82, 2.24) is 10.2 Å². The normalized spacial score (nSPS) is 22.7. The van der Waals surface area contributed by atoms with Crippen LogP contribution >= 0.6 is 0 Å². The number of carbonyl (C=O) groups excluding carboxylic acids is 1. The molecular formula is C19H32N2O4.